The fourth-order valence-corrected chi connectivity index (χ4v) is 4.09. The molecule has 2 N–H and O–H groups in total. The fourth-order valence-electron chi connectivity index (χ4n) is 3.91. The second-order valence-corrected chi connectivity index (χ2v) is 7.33. The number of phenols is 1. The summed E-state index contributed by atoms with van der Waals surface area (Å²) in [5, 5.41) is 15.6. The van der Waals surface area contributed by atoms with E-state index in [0.29, 0.717) is 16.4 Å². The molecule has 5 nitrogen and oxygen atoms in total. The van der Waals surface area contributed by atoms with Crippen LogP contribution in [0.4, 0.5) is 5.69 Å². The van der Waals surface area contributed by atoms with Gasteiger partial charge in [-0.05, 0) is 36.4 Å². The highest BCUT2D eigenvalue weighted by Gasteiger charge is 2.48. The highest BCUT2D eigenvalue weighted by atomic mass is 35.5. The van der Waals surface area contributed by atoms with E-state index in [4.69, 9.17) is 11.6 Å². The van der Waals surface area contributed by atoms with Gasteiger partial charge in [0.25, 0.3) is 0 Å². The molecule has 2 aliphatic rings. The number of hydrogen-bond donors (Lipinski definition) is 2. The second-order valence-electron chi connectivity index (χ2n) is 6.89. The minimum absolute atomic E-state index is 0.0581. The molecule has 0 aromatic heterocycles. The SMILES string of the molecule is O=C1C=CC2(NN=C(c3ccccc3)N2c2cccc(Cl)c2)c2cccc(O)c21. The van der Waals surface area contributed by atoms with Gasteiger partial charge in [0.15, 0.2) is 17.3 Å². The predicted octanol–water partition coefficient (Wildman–Crippen LogP) is 4.42. The second kappa shape index (κ2) is 6.50. The Morgan fingerprint density at radius 3 is 2.59 bits per heavy atom. The lowest BCUT2D eigenvalue weighted by Gasteiger charge is -2.40. The molecule has 1 spiro atoms. The maximum Gasteiger partial charge on any atom is 0.189 e. The molecule has 0 fully saturated rings. The number of halogens is 1. The highest BCUT2D eigenvalue weighted by molar-refractivity contribution is 6.31. The highest BCUT2D eigenvalue weighted by Crippen LogP contribution is 2.43. The van der Waals surface area contributed by atoms with E-state index in [1.807, 2.05) is 59.5 Å². The first-order valence-corrected chi connectivity index (χ1v) is 9.50. The molecule has 0 saturated carbocycles. The number of rotatable bonds is 2. The van der Waals surface area contributed by atoms with E-state index in [-0.39, 0.29) is 17.1 Å². The van der Waals surface area contributed by atoms with Crippen molar-refractivity contribution in [3.8, 4) is 5.75 Å². The van der Waals surface area contributed by atoms with Crippen LogP contribution in [-0.2, 0) is 5.66 Å². The van der Waals surface area contributed by atoms with Gasteiger partial charge in [0.1, 0.15) is 5.75 Å². The number of fused-ring (bicyclic) bond motifs is 2. The van der Waals surface area contributed by atoms with Gasteiger partial charge in [-0.15, -0.1) is 0 Å². The smallest absolute Gasteiger partial charge is 0.189 e. The summed E-state index contributed by atoms with van der Waals surface area (Å²) < 4.78 is 0. The zero-order chi connectivity index (χ0) is 20.0. The number of aromatic hydroxyl groups is 1. The number of amidine groups is 1. The Morgan fingerprint density at radius 2 is 1.79 bits per heavy atom. The normalized spacial score (nSPS) is 19.8. The van der Waals surface area contributed by atoms with E-state index < -0.39 is 5.66 Å². The summed E-state index contributed by atoms with van der Waals surface area (Å²) >= 11 is 6.29. The van der Waals surface area contributed by atoms with Crippen LogP contribution in [0.25, 0.3) is 0 Å². The number of anilines is 1. The van der Waals surface area contributed by atoms with Crippen molar-refractivity contribution in [2.45, 2.75) is 5.66 Å². The summed E-state index contributed by atoms with van der Waals surface area (Å²) in [6, 6.07) is 22.3. The van der Waals surface area contributed by atoms with Gasteiger partial charge in [-0.2, -0.15) is 5.10 Å². The number of nitrogens with zero attached hydrogens (tertiary/aromatic N) is 2. The molecular formula is C23H16ClN3O2. The van der Waals surface area contributed by atoms with Gasteiger partial charge < -0.3 is 5.11 Å². The number of benzene rings is 3. The monoisotopic (exact) mass is 401 g/mol. The van der Waals surface area contributed by atoms with E-state index in [1.165, 1.54) is 12.1 Å². The average molecular weight is 402 g/mol. The molecule has 0 bridgehead atoms. The van der Waals surface area contributed by atoms with Crippen molar-refractivity contribution in [1.29, 1.82) is 0 Å². The number of phenolic OH excluding ortho intramolecular Hbond substituents is 1. The average Bonchev–Trinajstić information content (AvgIpc) is 3.12. The lowest BCUT2D eigenvalue weighted by molar-refractivity contribution is 0.103. The minimum atomic E-state index is -0.974. The van der Waals surface area contributed by atoms with Gasteiger partial charge in [0.2, 0.25) is 0 Å². The van der Waals surface area contributed by atoms with E-state index in [0.717, 1.165) is 11.3 Å². The minimum Gasteiger partial charge on any atom is -0.507 e. The number of nitrogens with one attached hydrogen (secondary N) is 1. The lowest BCUT2D eigenvalue weighted by Crippen LogP contribution is -2.52. The van der Waals surface area contributed by atoms with Crippen molar-refractivity contribution in [2.75, 3.05) is 4.90 Å². The molecule has 6 heteroatoms. The van der Waals surface area contributed by atoms with E-state index in [2.05, 4.69) is 10.5 Å². The number of hydrogen-bond acceptors (Lipinski definition) is 5. The van der Waals surface area contributed by atoms with Crippen LogP contribution >= 0.6 is 11.6 Å². The lowest BCUT2D eigenvalue weighted by atomic mass is 9.85. The Bertz CT molecular complexity index is 1190. The molecule has 0 amide bonds. The number of carbonyl (C=O) groups is 1. The van der Waals surface area contributed by atoms with E-state index in [1.54, 1.807) is 18.2 Å². The predicted molar refractivity (Wildman–Crippen MR) is 113 cm³/mol. The van der Waals surface area contributed by atoms with Gasteiger partial charge in [-0.25, -0.2) is 0 Å². The van der Waals surface area contributed by atoms with Crippen LogP contribution in [0, 0.1) is 0 Å². The molecule has 3 aromatic carbocycles. The first-order valence-electron chi connectivity index (χ1n) is 9.12. The van der Waals surface area contributed by atoms with Crippen molar-refractivity contribution in [2.24, 2.45) is 5.10 Å². The Morgan fingerprint density at radius 1 is 1.00 bits per heavy atom. The first-order chi connectivity index (χ1) is 14.1. The van der Waals surface area contributed by atoms with Crippen LogP contribution < -0.4 is 10.3 Å². The number of allylic oxidation sites excluding steroid dienone is 1. The first kappa shape index (κ1) is 17.5. The van der Waals surface area contributed by atoms with Crippen molar-refractivity contribution < 1.29 is 9.90 Å². The maximum atomic E-state index is 12.5. The molecule has 1 atom stereocenters. The maximum absolute atomic E-state index is 12.5. The topological polar surface area (TPSA) is 64.9 Å². The number of hydrazone groups is 1. The van der Waals surface area contributed by atoms with Gasteiger partial charge in [0, 0.05) is 21.8 Å². The van der Waals surface area contributed by atoms with Crippen LogP contribution in [0.3, 0.4) is 0 Å². The third-order valence-electron chi connectivity index (χ3n) is 5.17. The van der Waals surface area contributed by atoms with Crippen LogP contribution in [0.5, 0.6) is 5.75 Å². The Kier molecular flexibility index (Phi) is 3.93. The standard InChI is InChI=1S/C23H16ClN3O2/c24-16-8-4-9-17(14-16)27-22(15-6-2-1-3-7-15)25-26-23(27)13-12-20(29)21-18(23)10-5-11-19(21)28/h1-14,26,28H. The molecule has 1 aliphatic carbocycles. The third-order valence-corrected chi connectivity index (χ3v) is 5.41. The molecule has 0 saturated heterocycles. The number of carbonyl (C=O) groups excluding carboxylic acids is 1. The summed E-state index contributed by atoms with van der Waals surface area (Å²) in [7, 11) is 0. The van der Waals surface area contributed by atoms with E-state index in [9.17, 15) is 9.90 Å². The van der Waals surface area contributed by atoms with Gasteiger partial charge in [-0.3, -0.25) is 15.1 Å². The molecule has 1 heterocycles. The fraction of sp³-hybridized carbons (Fsp3) is 0.0435. The Labute approximate surface area is 172 Å². The van der Waals surface area contributed by atoms with Crippen LogP contribution in [0.15, 0.2) is 90.0 Å². The summed E-state index contributed by atoms with van der Waals surface area (Å²) in [6.07, 6.45) is 3.24. The van der Waals surface area contributed by atoms with E-state index >= 15 is 0 Å². The largest absolute Gasteiger partial charge is 0.507 e. The zero-order valence-electron chi connectivity index (χ0n) is 15.2. The van der Waals surface area contributed by atoms with Crippen molar-refractivity contribution in [3.05, 3.63) is 107 Å². The molecule has 0 radical (unpaired) electrons. The molecule has 1 aliphatic heterocycles. The third kappa shape index (κ3) is 2.62. The van der Waals surface area contributed by atoms with Crippen molar-refractivity contribution in [3.63, 3.8) is 0 Å². The van der Waals surface area contributed by atoms with Crippen LogP contribution in [0.2, 0.25) is 5.02 Å². The summed E-state index contributed by atoms with van der Waals surface area (Å²) in [5.41, 5.74) is 4.84. The van der Waals surface area contributed by atoms with Gasteiger partial charge in [0.05, 0.1) is 5.56 Å². The summed E-state index contributed by atoms with van der Waals surface area (Å²) in [4.78, 5) is 14.5. The quantitative estimate of drug-likeness (QED) is 0.667. The van der Waals surface area contributed by atoms with Crippen LogP contribution in [0.1, 0.15) is 21.5 Å². The van der Waals surface area contributed by atoms with Crippen molar-refractivity contribution >= 4 is 28.9 Å². The molecule has 1 unspecified atom stereocenters. The van der Waals surface area contributed by atoms with Gasteiger partial charge >= 0.3 is 0 Å². The van der Waals surface area contributed by atoms with Crippen LogP contribution in [-0.4, -0.2) is 16.7 Å². The summed E-state index contributed by atoms with van der Waals surface area (Å²) in [6.45, 7) is 0. The molecular weight excluding hydrogens is 386 g/mol. The Hall–Kier alpha value is -3.57. The van der Waals surface area contributed by atoms with Gasteiger partial charge in [-0.1, -0.05) is 60.1 Å². The summed E-state index contributed by atoms with van der Waals surface area (Å²) in [5.74, 6) is 0.378. The molecule has 29 heavy (non-hydrogen) atoms. The van der Waals surface area contributed by atoms with Crippen molar-refractivity contribution in [1.82, 2.24) is 5.43 Å². The molecule has 142 valence electrons. The number of ketones is 1. The molecule has 3 aromatic rings. The Balaban J connectivity index is 1.77. The molecule has 5 rings (SSSR count). The zero-order valence-corrected chi connectivity index (χ0v) is 16.0.